The Morgan fingerprint density at radius 1 is 1.16 bits per heavy atom. The average molecular weight is 311 g/mol. The van der Waals surface area contributed by atoms with Crippen molar-refractivity contribution in [2.45, 2.75) is 9.79 Å². The lowest BCUT2D eigenvalue weighted by molar-refractivity contribution is 0.683. The van der Waals surface area contributed by atoms with Gasteiger partial charge in [-0.1, -0.05) is 29.3 Å². The van der Waals surface area contributed by atoms with E-state index in [2.05, 4.69) is 0 Å². The number of halogens is 2. The van der Waals surface area contributed by atoms with Gasteiger partial charge in [-0.05, 0) is 30.3 Å². The molecule has 0 aliphatic heterocycles. The molecular formula is C13H8Cl2N2OS. The molecule has 3 nitrogen and oxygen atoms in total. The number of rotatable bonds is 2. The normalized spacial score (nSPS) is 11.8. The highest BCUT2D eigenvalue weighted by Gasteiger charge is 2.17. The lowest BCUT2D eigenvalue weighted by Crippen LogP contribution is -2.00. The zero-order valence-corrected chi connectivity index (χ0v) is 11.9. The van der Waals surface area contributed by atoms with Gasteiger partial charge >= 0.3 is 0 Å². The van der Waals surface area contributed by atoms with Gasteiger partial charge in [0.15, 0.2) is 0 Å². The van der Waals surface area contributed by atoms with Crippen molar-refractivity contribution in [3.05, 3.63) is 52.0 Å². The van der Waals surface area contributed by atoms with Crippen LogP contribution in [0.5, 0.6) is 0 Å². The van der Waals surface area contributed by atoms with Gasteiger partial charge in [0, 0.05) is 5.02 Å². The van der Waals surface area contributed by atoms with Gasteiger partial charge in [0.25, 0.3) is 0 Å². The Balaban J connectivity index is 2.60. The molecule has 6 heteroatoms. The maximum atomic E-state index is 12.5. The minimum atomic E-state index is -1.61. The quantitative estimate of drug-likeness (QED) is 0.861. The molecule has 1 atom stereocenters. The highest BCUT2D eigenvalue weighted by Crippen LogP contribution is 2.30. The summed E-state index contributed by atoms with van der Waals surface area (Å²) >= 11 is 11.9. The topological polar surface area (TPSA) is 66.9 Å². The van der Waals surface area contributed by atoms with Crippen molar-refractivity contribution < 1.29 is 4.21 Å². The Labute approximate surface area is 123 Å². The molecule has 0 fully saturated rings. The molecule has 0 spiro atoms. The standard InChI is InChI=1S/C13H8Cl2N2OS/c14-8-4-5-10(15)13(6-8)19(18)12-3-1-2-11(17)9(12)7-16/h1-6H,17H2/t19-/m1/s1. The fourth-order valence-corrected chi connectivity index (χ4v) is 3.39. The molecule has 0 saturated heterocycles. The lowest BCUT2D eigenvalue weighted by atomic mass is 10.2. The fraction of sp³-hybridized carbons (Fsp3) is 0. The molecule has 0 radical (unpaired) electrons. The molecule has 2 N–H and O–H groups in total. The van der Waals surface area contributed by atoms with E-state index in [1.54, 1.807) is 30.3 Å². The Bertz CT molecular complexity index is 710. The van der Waals surface area contributed by atoms with Crippen LogP contribution in [-0.2, 0) is 10.8 Å². The summed E-state index contributed by atoms with van der Waals surface area (Å²) in [6.45, 7) is 0. The van der Waals surface area contributed by atoms with Crippen LogP contribution in [0.3, 0.4) is 0 Å². The summed E-state index contributed by atoms with van der Waals surface area (Å²) in [7, 11) is -1.61. The summed E-state index contributed by atoms with van der Waals surface area (Å²) in [4.78, 5) is 0.683. The number of nitrogens with zero attached hydrogens (tertiary/aromatic N) is 1. The van der Waals surface area contributed by atoms with Gasteiger partial charge in [0.2, 0.25) is 0 Å². The summed E-state index contributed by atoms with van der Waals surface area (Å²) in [6.07, 6.45) is 0. The predicted octanol–water partition coefficient (Wildman–Crippen LogP) is 3.61. The third kappa shape index (κ3) is 2.74. The second-order valence-electron chi connectivity index (χ2n) is 3.68. The van der Waals surface area contributed by atoms with E-state index in [0.717, 1.165) is 0 Å². The summed E-state index contributed by atoms with van der Waals surface area (Å²) in [5, 5.41) is 9.85. The van der Waals surface area contributed by atoms with Crippen molar-refractivity contribution in [2.24, 2.45) is 0 Å². The van der Waals surface area contributed by atoms with E-state index in [9.17, 15) is 4.21 Å². The monoisotopic (exact) mass is 310 g/mol. The molecule has 0 amide bonds. The molecule has 2 aromatic carbocycles. The smallest absolute Gasteiger partial charge is 0.103 e. The Morgan fingerprint density at radius 3 is 2.58 bits per heavy atom. The summed E-state index contributed by atoms with van der Waals surface area (Å²) in [5.74, 6) is 0. The summed E-state index contributed by atoms with van der Waals surface area (Å²) < 4.78 is 12.5. The highest BCUT2D eigenvalue weighted by molar-refractivity contribution is 7.85. The molecule has 0 bridgehead atoms. The van der Waals surface area contributed by atoms with E-state index in [4.69, 9.17) is 34.2 Å². The van der Waals surface area contributed by atoms with Crippen LogP contribution in [0.15, 0.2) is 46.2 Å². The Hall–Kier alpha value is -1.54. The number of hydrogen-bond donors (Lipinski definition) is 1. The van der Waals surface area contributed by atoms with Gasteiger partial charge < -0.3 is 5.73 Å². The van der Waals surface area contributed by atoms with Crippen LogP contribution >= 0.6 is 23.2 Å². The summed E-state index contributed by atoms with van der Waals surface area (Å²) in [5.41, 5.74) is 6.18. The first-order valence-electron chi connectivity index (χ1n) is 5.20. The van der Waals surface area contributed by atoms with Crippen molar-refractivity contribution in [3.63, 3.8) is 0 Å². The van der Waals surface area contributed by atoms with Gasteiger partial charge in [-0.15, -0.1) is 0 Å². The van der Waals surface area contributed by atoms with Crippen molar-refractivity contribution >= 4 is 39.7 Å². The lowest BCUT2D eigenvalue weighted by Gasteiger charge is -2.08. The van der Waals surface area contributed by atoms with Crippen LogP contribution in [0.1, 0.15) is 5.56 Å². The molecule has 0 saturated carbocycles. The Morgan fingerprint density at radius 2 is 1.89 bits per heavy atom. The highest BCUT2D eigenvalue weighted by atomic mass is 35.5. The first-order valence-corrected chi connectivity index (χ1v) is 7.10. The van der Waals surface area contributed by atoms with Crippen molar-refractivity contribution in [3.8, 4) is 6.07 Å². The first-order chi connectivity index (χ1) is 9.04. The average Bonchev–Trinajstić information content (AvgIpc) is 2.40. The van der Waals surface area contributed by atoms with E-state index < -0.39 is 10.8 Å². The van der Waals surface area contributed by atoms with Crippen molar-refractivity contribution in [2.75, 3.05) is 5.73 Å². The van der Waals surface area contributed by atoms with E-state index in [-0.39, 0.29) is 11.3 Å². The molecular weight excluding hydrogens is 303 g/mol. The van der Waals surface area contributed by atoms with Crippen LogP contribution in [0.25, 0.3) is 0 Å². The maximum Gasteiger partial charge on any atom is 0.103 e. The van der Waals surface area contributed by atoms with Crippen LogP contribution in [-0.4, -0.2) is 4.21 Å². The molecule has 0 aromatic heterocycles. The minimum absolute atomic E-state index is 0.192. The van der Waals surface area contributed by atoms with E-state index in [1.165, 1.54) is 6.07 Å². The number of nitrogens with two attached hydrogens (primary N) is 1. The largest absolute Gasteiger partial charge is 0.398 e. The van der Waals surface area contributed by atoms with Gasteiger partial charge in [-0.25, -0.2) is 4.21 Å². The van der Waals surface area contributed by atoms with Gasteiger partial charge in [0.1, 0.15) is 6.07 Å². The number of hydrogen-bond acceptors (Lipinski definition) is 3. The Kier molecular flexibility index (Phi) is 4.11. The SMILES string of the molecule is N#Cc1c(N)cccc1[S@@](=O)c1cc(Cl)ccc1Cl. The zero-order valence-electron chi connectivity index (χ0n) is 9.56. The van der Waals surface area contributed by atoms with Crippen LogP contribution < -0.4 is 5.73 Å². The van der Waals surface area contributed by atoms with Crippen LogP contribution in [0, 0.1) is 11.3 Å². The van der Waals surface area contributed by atoms with E-state index in [0.29, 0.717) is 19.8 Å². The molecule has 19 heavy (non-hydrogen) atoms. The van der Waals surface area contributed by atoms with Gasteiger partial charge in [-0.2, -0.15) is 5.26 Å². The summed E-state index contributed by atoms with van der Waals surface area (Å²) in [6, 6.07) is 11.5. The molecule has 2 aromatic rings. The fourth-order valence-electron chi connectivity index (χ4n) is 1.56. The van der Waals surface area contributed by atoms with Gasteiger partial charge in [0.05, 0.1) is 36.9 Å². The van der Waals surface area contributed by atoms with Crippen LogP contribution in [0.4, 0.5) is 5.69 Å². The van der Waals surface area contributed by atoms with Crippen LogP contribution in [0.2, 0.25) is 10.0 Å². The molecule has 96 valence electrons. The van der Waals surface area contributed by atoms with E-state index in [1.807, 2.05) is 6.07 Å². The number of nitriles is 1. The molecule has 0 heterocycles. The predicted molar refractivity (Wildman–Crippen MR) is 76.7 cm³/mol. The van der Waals surface area contributed by atoms with E-state index >= 15 is 0 Å². The molecule has 0 unspecified atom stereocenters. The third-order valence-corrected chi connectivity index (χ3v) is 4.62. The number of anilines is 1. The second-order valence-corrected chi connectivity index (χ2v) is 5.94. The van der Waals surface area contributed by atoms with Gasteiger partial charge in [-0.3, -0.25) is 0 Å². The minimum Gasteiger partial charge on any atom is -0.398 e. The second kappa shape index (κ2) is 5.62. The molecule has 2 rings (SSSR count). The molecule has 0 aliphatic rings. The van der Waals surface area contributed by atoms with Crippen molar-refractivity contribution in [1.82, 2.24) is 0 Å². The zero-order chi connectivity index (χ0) is 14.0. The number of benzene rings is 2. The first kappa shape index (κ1) is 13.9. The molecule has 0 aliphatic carbocycles. The number of nitrogen functional groups attached to an aromatic ring is 1. The van der Waals surface area contributed by atoms with Crippen molar-refractivity contribution in [1.29, 1.82) is 5.26 Å². The maximum absolute atomic E-state index is 12.5. The third-order valence-electron chi connectivity index (χ3n) is 2.46.